The molecule has 0 atom stereocenters. The number of pyridine rings is 2. The second-order valence-electron chi connectivity index (χ2n) is 7.90. The number of benzene rings is 1. The van der Waals surface area contributed by atoms with E-state index >= 15 is 0 Å². The summed E-state index contributed by atoms with van der Waals surface area (Å²) < 4.78 is 14.2. The molecule has 0 aliphatic carbocycles. The summed E-state index contributed by atoms with van der Waals surface area (Å²) in [6.45, 7) is 1.36. The molecule has 0 unspecified atom stereocenters. The lowest BCUT2D eigenvalue weighted by Gasteiger charge is -2.23. The number of hydrogen-bond acceptors (Lipinski definition) is 6. The van der Waals surface area contributed by atoms with E-state index in [1.165, 1.54) is 0 Å². The van der Waals surface area contributed by atoms with E-state index in [9.17, 15) is 4.79 Å². The molecule has 1 aliphatic heterocycles. The maximum atomic E-state index is 12.9. The van der Waals surface area contributed by atoms with E-state index in [4.69, 9.17) is 9.47 Å². The highest BCUT2D eigenvalue weighted by Crippen LogP contribution is 2.27. The Morgan fingerprint density at radius 2 is 1.75 bits per heavy atom. The first kappa shape index (κ1) is 20.3. The van der Waals surface area contributed by atoms with Crippen LogP contribution < -0.4 is 15.7 Å². The molecule has 0 saturated carbocycles. The molecule has 8 heteroatoms. The summed E-state index contributed by atoms with van der Waals surface area (Å²) >= 11 is 0. The van der Waals surface area contributed by atoms with Crippen molar-refractivity contribution in [1.29, 1.82) is 0 Å². The van der Waals surface area contributed by atoms with Gasteiger partial charge in [-0.3, -0.25) is 9.13 Å². The molecule has 0 bridgehead atoms. The second kappa shape index (κ2) is 8.47. The molecule has 1 fully saturated rings. The molecule has 4 heterocycles. The van der Waals surface area contributed by atoms with Crippen LogP contribution in [0.2, 0.25) is 0 Å². The number of nitrogens with zero attached hydrogens (tertiary/aromatic N) is 4. The van der Waals surface area contributed by atoms with E-state index in [0.29, 0.717) is 24.9 Å². The average Bonchev–Trinajstić information content (AvgIpc) is 3.09. The highest BCUT2D eigenvalue weighted by Gasteiger charge is 2.22. The van der Waals surface area contributed by atoms with Gasteiger partial charge in [0.25, 0.3) is 0 Å². The Morgan fingerprint density at radius 1 is 1.00 bits per heavy atom. The van der Waals surface area contributed by atoms with Gasteiger partial charge in [-0.2, -0.15) is 0 Å². The second-order valence-corrected chi connectivity index (χ2v) is 7.90. The van der Waals surface area contributed by atoms with E-state index < -0.39 is 0 Å². The van der Waals surface area contributed by atoms with E-state index in [2.05, 4.69) is 15.3 Å². The van der Waals surface area contributed by atoms with Gasteiger partial charge in [0.1, 0.15) is 5.82 Å². The Bertz CT molecular complexity index is 1290. The minimum absolute atomic E-state index is 0.0108. The molecular formula is C24H25N5O3. The predicted molar refractivity (Wildman–Crippen MR) is 124 cm³/mol. The van der Waals surface area contributed by atoms with Gasteiger partial charge in [0.2, 0.25) is 5.88 Å². The molecular weight excluding hydrogens is 406 g/mol. The minimum atomic E-state index is -0.0108. The fourth-order valence-corrected chi connectivity index (χ4v) is 4.19. The Hall–Kier alpha value is -3.65. The number of hydrogen-bond donors (Lipinski definition) is 1. The smallest absolute Gasteiger partial charge is 0.329 e. The van der Waals surface area contributed by atoms with Gasteiger partial charge in [-0.25, -0.2) is 14.8 Å². The van der Waals surface area contributed by atoms with E-state index in [1.54, 1.807) is 31.1 Å². The van der Waals surface area contributed by atoms with Gasteiger partial charge in [0.05, 0.1) is 24.3 Å². The van der Waals surface area contributed by atoms with Crippen LogP contribution in [0.25, 0.3) is 22.2 Å². The number of anilines is 2. The van der Waals surface area contributed by atoms with E-state index in [1.807, 2.05) is 47.0 Å². The van der Waals surface area contributed by atoms with Gasteiger partial charge >= 0.3 is 5.69 Å². The quantitative estimate of drug-likeness (QED) is 0.516. The Morgan fingerprint density at radius 3 is 2.44 bits per heavy atom. The van der Waals surface area contributed by atoms with Crippen LogP contribution in [0, 0.1) is 0 Å². The van der Waals surface area contributed by atoms with Crippen LogP contribution in [0.15, 0.2) is 59.7 Å². The highest BCUT2D eigenvalue weighted by molar-refractivity contribution is 5.79. The molecule has 1 saturated heterocycles. The summed E-state index contributed by atoms with van der Waals surface area (Å²) in [6.07, 6.45) is 5.23. The van der Waals surface area contributed by atoms with E-state index in [-0.39, 0.29) is 11.7 Å². The van der Waals surface area contributed by atoms with Crippen molar-refractivity contribution in [2.75, 3.05) is 25.6 Å². The van der Waals surface area contributed by atoms with Crippen molar-refractivity contribution in [3.63, 3.8) is 0 Å². The minimum Gasteiger partial charge on any atom is -0.481 e. The zero-order chi connectivity index (χ0) is 22.1. The summed E-state index contributed by atoms with van der Waals surface area (Å²) in [5.74, 6) is 1.29. The largest absolute Gasteiger partial charge is 0.481 e. The molecule has 3 aromatic heterocycles. The zero-order valence-electron chi connectivity index (χ0n) is 18.1. The van der Waals surface area contributed by atoms with Gasteiger partial charge in [0, 0.05) is 55.9 Å². The summed E-state index contributed by atoms with van der Waals surface area (Å²) in [4.78, 5) is 21.7. The molecule has 0 radical (unpaired) electrons. The van der Waals surface area contributed by atoms with Crippen molar-refractivity contribution < 1.29 is 9.47 Å². The van der Waals surface area contributed by atoms with Crippen LogP contribution in [0.3, 0.4) is 0 Å². The summed E-state index contributed by atoms with van der Waals surface area (Å²) in [7, 11) is 3.40. The lowest BCUT2D eigenvalue weighted by atomic mass is 10.1. The zero-order valence-corrected chi connectivity index (χ0v) is 18.1. The van der Waals surface area contributed by atoms with E-state index in [0.717, 1.165) is 40.7 Å². The first-order chi connectivity index (χ1) is 15.6. The van der Waals surface area contributed by atoms with Crippen molar-refractivity contribution in [3.8, 4) is 17.0 Å². The third-order valence-electron chi connectivity index (χ3n) is 5.97. The molecule has 1 N–H and O–H groups in total. The van der Waals surface area contributed by atoms with Crippen molar-refractivity contribution >= 4 is 22.5 Å². The fraction of sp³-hybridized carbons (Fsp3) is 0.292. The molecule has 5 rings (SSSR count). The van der Waals surface area contributed by atoms with Gasteiger partial charge in [-0.05, 0) is 36.6 Å². The molecule has 1 aliphatic rings. The average molecular weight is 431 g/mol. The highest BCUT2D eigenvalue weighted by atomic mass is 16.5. The lowest BCUT2D eigenvalue weighted by Crippen LogP contribution is -2.29. The Balaban J connectivity index is 1.42. The number of imidazole rings is 1. The fourth-order valence-electron chi connectivity index (χ4n) is 4.19. The van der Waals surface area contributed by atoms with Crippen molar-refractivity contribution in [2.24, 2.45) is 7.05 Å². The Labute approximate surface area is 185 Å². The van der Waals surface area contributed by atoms with Crippen LogP contribution >= 0.6 is 0 Å². The standard InChI is InChI=1S/C24H25N5O3/c1-28-21-15-25-22(13-20(21)29(24(28)30)19-9-11-32-12-10-19)27-18-6-3-16(4-7-18)17-5-8-23(31-2)26-14-17/h3-8,13-15,19H,9-12H2,1-2H3,(H,25,27). The summed E-state index contributed by atoms with van der Waals surface area (Å²) in [5, 5.41) is 3.36. The first-order valence-electron chi connectivity index (χ1n) is 10.7. The number of ether oxygens (including phenoxy) is 2. The maximum absolute atomic E-state index is 12.9. The molecule has 0 amide bonds. The number of fused-ring (bicyclic) bond motifs is 1. The number of rotatable bonds is 5. The number of aryl methyl sites for hydroxylation is 1. The van der Waals surface area contributed by atoms with Crippen molar-refractivity contribution in [3.05, 3.63) is 65.3 Å². The Kier molecular flexibility index (Phi) is 5.36. The monoisotopic (exact) mass is 431 g/mol. The van der Waals surface area contributed by atoms with Gasteiger partial charge in [0.15, 0.2) is 0 Å². The molecule has 164 valence electrons. The van der Waals surface area contributed by atoms with Crippen LogP contribution in [-0.2, 0) is 11.8 Å². The number of aromatic nitrogens is 4. The van der Waals surface area contributed by atoms with Gasteiger partial charge < -0.3 is 14.8 Å². The predicted octanol–water partition coefficient (Wildman–Crippen LogP) is 3.90. The van der Waals surface area contributed by atoms with Gasteiger partial charge in [-0.1, -0.05) is 12.1 Å². The van der Waals surface area contributed by atoms with Crippen LogP contribution in [-0.4, -0.2) is 39.4 Å². The molecule has 8 nitrogen and oxygen atoms in total. The topological polar surface area (TPSA) is 83.2 Å². The summed E-state index contributed by atoms with van der Waals surface area (Å²) in [6, 6.07) is 14.0. The number of nitrogens with one attached hydrogen (secondary N) is 1. The SMILES string of the molecule is COc1ccc(-c2ccc(Nc3cc4c(cn3)n(C)c(=O)n4C3CCOCC3)cc2)cn1. The van der Waals surface area contributed by atoms with Gasteiger partial charge in [-0.15, -0.1) is 0 Å². The molecule has 0 spiro atoms. The molecule has 4 aromatic rings. The van der Waals surface area contributed by atoms with Crippen LogP contribution in [0.1, 0.15) is 18.9 Å². The summed E-state index contributed by atoms with van der Waals surface area (Å²) in [5.41, 5.74) is 4.70. The molecule has 1 aromatic carbocycles. The van der Waals surface area contributed by atoms with Crippen molar-refractivity contribution in [1.82, 2.24) is 19.1 Å². The first-order valence-corrected chi connectivity index (χ1v) is 10.7. The molecule has 32 heavy (non-hydrogen) atoms. The maximum Gasteiger partial charge on any atom is 0.329 e. The lowest BCUT2D eigenvalue weighted by molar-refractivity contribution is 0.0696. The third kappa shape index (κ3) is 3.73. The van der Waals surface area contributed by atoms with Crippen LogP contribution in [0.5, 0.6) is 5.88 Å². The normalized spacial score (nSPS) is 14.6. The third-order valence-corrected chi connectivity index (χ3v) is 5.97. The van der Waals surface area contributed by atoms with Crippen molar-refractivity contribution in [2.45, 2.75) is 18.9 Å². The van der Waals surface area contributed by atoms with Crippen LogP contribution in [0.4, 0.5) is 11.5 Å². The number of methoxy groups -OCH3 is 1.